The summed E-state index contributed by atoms with van der Waals surface area (Å²) in [5, 5.41) is 12.6. The van der Waals surface area contributed by atoms with E-state index < -0.39 is 0 Å². The van der Waals surface area contributed by atoms with Gasteiger partial charge in [0.15, 0.2) is 0 Å². The molecule has 19 heavy (non-hydrogen) atoms. The van der Waals surface area contributed by atoms with E-state index in [2.05, 4.69) is 5.32 Å². The van der Waals surface area contributed by atoms with Crippen LogP contribution < -0.4 is 5.32 Å². The first-order valence-corrected chi connectivity index (χ1v) is 6.64. The maximum absolute atomic E-state index is 12.1. The molecule has 4 heteroatoms. The van der Waals surface area contributed by atoms with Gasteiger partial charge in [0.2, 0.25) is 0 Å². The molecular weight excluding hydrogens is 242 g/mol. The number of ether oxygens (including phenoxy) is 1. The second kappa shape index (κ2) is 7.14. The third-order valence-electron chi connectivity index (χ3n) is 3.09. The van der Waals surface area contributed by atoms with Crippen LogP contribution in [0.3, 0.4) is 0 Å². The van der Waals surface area contributed by atoms with Gasteiger partial charge >= 0.3 is 0 Å². The number of phenols is 1. The zero-order valence-corrected chi connectivity index (χ0v) is 12.1. The van der Waals surface area contributed by atoms with Crippen LogP contribution in [0.15, 0.2) is 18.2 Å². The number of benzene rings is 1. The number of rotatable bonds is 6. The van der Waals surface area contributed by atoms with E-state index in [1.165, 1.54) is 6.07 Å². The van der Waals surface area contributed by atoms with Gasteiger partial charge in [0.05, 0.1) is 12.6 Å². The number of carbonyl (C=O) groups excluding carboxylic acids is 1. The van der Waals surface area contributed by atoms with Crippen molar-refractivity contribution in [3.8, 4) is 5.75 Å². The standard InChI is InChI=1S/C15H23NO3/c1-5-19-9-13(10(2)3)16-15(18)12-7-6-11(4)14(17)8-12/h6-8,10,13,17H,5,9H2,1-4H3,(H,16,18). The zero-order valence-electron chi connectivity index (χ0n) is 12.1. The number of aromatic hydroxyl groups is 1. The molecular formula is C15H23NO3. The lowest BCUT2D eigenvalue weighted by atomic mass is 10.0. The van der Waals surface area contributed by atoms with E-state index in [1.54, 1.807) is 19.1 Å². The topological polar surface area (TPSA) is 58.6 Å². The van der Waals surface area contributed by atoms with E-state index >= 15 is 0 Å². The van der Waals surface area contributed by atoms with Gasteiger partial charge in [0.1, 0.15) is 5.75 Å². The molecule has 0 aliphatic carbocycles. The number of aryl methyl sites for hydroxylation is 1. The van der Waals surface area contributed by atoms with Crippen molar-refractivity contribution in [2.75, 3.05) is 13.2 Å². The Morgan fingerprint density at radius 2 is 2.11 bits per heavy atom. The fraction of sp³-hybridized carbons (Fsp3) is 0.533. The smallest absolute Gasteiger partial charge is 0.251 e. The number of nitrogens with one attached hydrogen (secondary N) is 1. The third kappa shape index (κ3) is 4.56. The Morgan fingerprint density at radius 1 is 1.42 bits per heavy atom. The molecule has 4 nitrogen and oxygen atoms in total. The third-order valence-corrected chi connectivity index (χ3v) is 3.09. The molecule has 0 aromatic heterocycles. The highest BCUT2D eigenvalue weighted by Crippen LogP contribution is 2.17. The highest BCUT2D eigenvalue weighted by Gasteiger charge is 2.17. The molecule has 0 bridgehead atoms. The Bertz CT molecular complexity index is 429. The Balaban J connectivity index is 2.73. The Labute approximate surface area is 114 Å². The first kappa shape index (κ1) is 15.5. The van der Waals surface area contributed by atoms with Crippen molar-refractivity contribution in [3.05, 3.63) is 29.3 Å². The van der Waals surface area contributed by atoms with Gasteiger partial charge in [-0.15, -0.1) is 0 Å². The summed E-state index contributed by atoms with van der Waals surface area (Å²) in [6.45, 7) is 8.93. The molecule has 0 aliphatic rings. The number of hydrogen-bond donors (Lipinski definition) is 2. The predicted octanol–water partition coefficient (Wildman–Crippen LogP) is 2.49. The molecule has 1 unspecified atom stereocenters. The molecule has 0 aliphatic heterocycles. The molecule has 0 spiro atoms. The molecule has 1 rings (SSSR count). The molecule has 0 saturated carbocycles. The molecule has 0 radical (unpaired) electrons. The van der Waals surface area contributed by atoms with Crippen LogP contribution in [-0.4, -0.2) is 30.3 Å². The fourth-order valence-corrected chi connectivity index (χ4v) is 1.65. The summed E-state index contributed by atoms with van der Waals surface area (Å²) in [5.41, 5.74) is 1.22. The number of amides is 1. The van der Waals surface area contributed by atoms with Gasteiger partial charge in [-0.2, -0.15) is 0 Å². The van der Waals surface area contributed by atoms with E-state index in [9.17, 15) is 9.90 Å². The van der Waals surface area contributed by atoms with Gasteiger partial charge in [-0.1, -0.05) is 19.9 Å². The average Bonchev–Trinajstić information content (AvgIpc) is 2.37. The maximum atomic E-state index is 12.1. The Morgan fingerprint density at radius 3 is 2.63 bits per heavy atom. The summed E-state index contributed by atoms with van der Waals surface area (Å²) in [6, 6.07) is 4.90. The second-order valence-electron chi connectivity index (χ2n) is 4.98. The molecule has 0 heterocycles. The molecule has 106 valence electrons. The first-order valence-electron chi connectivity index (χ1n) is 6.64. The normalized spacial score (nSPS) is 12.5. The van der Waals surface area contributed by atoms with Crippen LogP contribution in [0.1, 0.15) is 36.7 Å². The van der Waals surface area contributed by atoms with Gasteiger partial charge < -0.3 is 15.2 Å². The largest absolute Gasteiger partial charge is 0.508 e. The van der Waals surface area contributed by atoms with E-state index in [-0.39, 0.29) is 23.6 Å². The monoisotopic (exact) mass is 265 g/mol. The Hall–Kier alpha value is -1.55. The molecule has 1 atom stereocenters. The van der Waals surface area contributed by atoms with E-state index in [1.807, 2.05) is 20.8 Å². The second-order valence-corrected chi connectivity index (χ2v) is 4.98. The molecule has 1 aromatic rings. The lowest BCUT2D eigenvalue weighted by Gasteiger charge is -2.22. The molecule has 1 aromatic carbocycles. The van der Waals surface area contributed by atoms with Crippen LogP contribution in [0, 0.1) is 12.8 Å². The summed E-state index contributed by atoms with van der Waals surface area (Å²) in [4.78, 5) is 12.1. The van der Waals surface area contributed by atoms with Crippen molar-refractivity contribution in [2.24, 2.45) is 5.92 Å². The SMILES string of the molecule is CCOCC(NC(=O)c1ccc(C)c(O)c1)C(C)C. The van der Waals surface area contributed by atoms with Crippen LogP contribution >= 0.6 is 0 Å². The van der Waals surface area contributed by atoms with Gasteiger partial charge in [-0.05, 0) is 37.5 Å². The van der Waals surface area contributed by atoms with Crippen molar-refractivity contribution >= 4 is 5.91 Å². The lowest BCUT2D eigenvalue weighted by Crippen LogP contribution is -2.41. The summed E-state index contributed by atoms with van der Waals surface area (Å²) in [5.74, 6) is 0.238. The predicted molar refractivity (Wildman–Crippen MR) is 75.4 cm³/mol. The lowest BCUT2D eigenvalue weighted by molar-refractivity contribution is 0.0806. The van der Waals surface area contributed by atoms with Crippen LogP contribution in [0.5, 0.6) is 5.75 Å². The molecule has 0 saturated heterocycles. The summed E-state index contributed by atoms with van der Waals surface area (Å²) >= 11 is 0. The molecule has 2 N–H and O–H groups in total. The van der Waals surface area contributed by atoms with Crippen molar-refractivity contribution in [3.63, 3.8) is 0 Å². The summed E-state index contributed by atoms with van der Waals surface area (Å²) in [6.07, 6.45) is 0. The summed E-state index contributed by atoms with van der Waals surface area (Å²) in [7, 11) is 0. The van der Waals surface area contributed by atoms with Crippen molar-refractivity contribution in [1.29, 1.82) is 0 Å². The van der Waals surface area contributed by atoms with Crippen LogP contribution in [0.2, 0.25) is 0 Å². The minimum atomic E-state index is -0.186. The Kier molecular flexibility index (Phi) is 5.83. The van der Waals surface area contributed by atoms with Gasteiger partial charge in [-0.3, -0.25) is 4.79 Å². The highest BCUT2D eigenvalue weighted by atomic mass is 16.5. The number of carbonyl (C=O) groups is 1. The van der Waals surface area contributed by atoms with Crippen LogP contribution in [0.4, 0.5) is 0 Å². The van der Waals surface area contributed by atoms with Crippen molar-refractivity contribution < 1.29 is 14.6 Å². The van der Waals surface area contributed by atoms with Crippen LogP contribution in [-0.2, 0) is 4.74 Å². The van der Waals surface area contributed by atoms with E-state index in [0.717, 1.165) is 5.56 Å². The maximum Gasteiger partial charge on any atom is 0.251 e. The number of phenolic OH excluding ortho intramolecular Hbond substituents is 1. The fourth-order valence-electron chi connectivity index (χ4n) is 1.65. The summed E-state index contributed by atoms with van der Waals surface area (Å²) < 4.78 is 5.37. The zero-order chi connectivity index (χ0) is 14.4. The first-order chi connectivity index (χ1) is 8.95. The van der Waals surface area contributed by atoms with Crippen molar-refractivity contribution in [2.45, 2.75) is 33.7 Å². The van der Waals surface area contributed by atoms with E-state index in [4.69, 9.17) is 4.74 Å². The molecule has 0 fully saturated rings. The van der Waals surface area contributed by atoms with Gasteiger partial charge in [-0.25, -0.2) is 0 Å². The minimum Gasteiger partial charge on any atom is -0.508 e. The highest BCUT2D eigenvalue weighted by molar-refractivity contribution is 5.94. The van der Waals surface area contributed by atoms with Gasteiger partial charge in [0.25, 0.3) is 5.91 Å². The number of hydrogen-bond acceptors (Lipinski definition) is 3. The average molecular weight is 265 g/mol. The van der Waals surface area contributed by atoms with Gasteiger partial charge in [0, 0.05) is 12.2 Å². The van der Waals surface area contributed by atoms with Crippen molar-refractivity contribution in [1.82, 2.24) is 5.32 Å². The quantitative estimate of drug-likeness (QED) is 0.830. The van der Waals surface area contributed by atoms with Crippen LogP contribution in [0.25, 0.3) is 0 Å². The minimum absolute atomic E-state index is 0.0316. The van der Waals surface area contributed by atoms with E-state index in [0.29, 0.717) is 18.8 Å². The molecule has 1 amide bonds.